The van der Waals surface area contributed by atoms with Crippen molar-refractivity contribution < 1.29 is 9.18 Å². The first-order chi connectivity index (χ1) is 11.2. The molecule has 0 bridgehead atoms. The van der Waals surface area contributed by atoms with Crippen LogP contribution in [0.3, 0.4) is 0 Å². The number of piperidine rings is 1. The van der Waals surface area contributed by atoms with Gasteiger partial charge in [-0.3, -0.25) is 9.69 Å². The summed E-state index contributed by atoms with van der Waals surface area (Å²) < 4.78 is 13.3. The molecule has 0 spiro atoms. The number of hydrogen-bond acceptors (Lipinski definition) is 2. The molecule has 1 unspecified atom stereocenters. The average Bonchev–Trinajstić information content (AvgIpc) is 3.06. The molecule has 1 aliphatic carbocycles. The summed E-state index contributed by atoms with van der Waals surface area (Å²) in [5, 5.41) is 3.16. The standard InChI is InChI=1S/C19H27FN2O/c20-18-9-3-7-16(11-18)13-22-10-4-8-17(14-22)19(23)21-12-15-5-1-2-6-15/h3,7,9,11,15,17H,1-2,4-6,8,10,12-14H2,(H,21,23). The quantitative estimate of drug-likeness (QED) is 0.903. The zero-order valence-corrected chi connectivity index (χ0v) is 13.8. The van der Waals surface area contributed by atoms with E-state index in [2.05, 4.69) is 10.2 Å². The Labute approximate surface area is 138 Å². The van der Waals surface area contributed by atoms with Crippen LogP contribution < -0.4 is 5.32 Å². The summed E-state index contributed by atoms with van der Waals surface area (Å²) in [7, 11) is 0. The van der Waals surface area contributed by atoms with Crippen molar-refractivity contribution in [3.63, 3.8) is 0 Å². The van der Waals surface area contributed by atoms with Crippen molar-refractivity contribution in [1.82, 2.24) is 10.2 Å². The molecule has 3 rings (SSSR count). The highest BCUT2D eigenvalue weighted by atomic mass is 19.1. The molecule has 4 heteroatoms. The molecular weight excluding hydrogens is 291 g/mol. The van der Waals surface area contributed by atoms with E-state index in [0.717, 1.165) is 44.6 Å². The van der Waals surface area contributed by atoms with Crippen molar-refractivity contribution in [2.24, 2.45) is 11.8 Å². The second-order valence-electron chi connectivity index (χ2n) is 7.10. The molecule has 0 aromatic heterocycles. The number of carbonyl (C=O) groups is 1. The van der Waals surface area contributed by atoms with Gasteiger partial charge in [0.15, 0.2) is 0 Å². The molecule has 1 aliphatic heterocycles. The molecule has 2 fully saturated rings. The van der Waals surface area contributed by atoms with E-state index in [1.54, 1.807) is 12.1 Å². The maximum absolute atomic E-state index is 13.3. The summed E-state index contributed by atoms with van der Waals surface area (Å²) in [6, 6.07) is 6.76. The largest absolute Gasteiger partial charge is 0.356 e. The zero-order chi connectivity index (χ0) is 16.1. The normalized spacial score (nSPS) is 23.1. The van der Waals surface area contributed by atoms with Gasteiger partial charge in [0.1, 0.15) is 5.82 Å². The first kappa shape index (κ1) is 16.4. The molecule has 23 heavy (non-hydrogen) atoms. The lowest BCUT2D eigenvalue weighted by atomic mass is 9.96. The highest BCUT2D eigenvalue weighted by molar-refractivity contribution is 5.78. The van der Waals surface area contributed by atoms with Crippen LogP contribution in [-0.4, -0.2) is 30.4 Å². The van der Waals surface area contributed by atoms with Crippen LogP contribution in [0.2, 0.25) is 0 Å². The first-order valence-corrected chi connectivity index (χ1v) is 8.95. The van der Waals surface area contributed by atoms with Crippen molar-refractivity contribution in [1.29, 1.82) is 0 Å². The van der Waals surface area contributed by atoms with Crippen LogP contribution in [0.1, 0.15) is 44.1 Å². The molecule has 1 atom stereocenters. The Bertz CT molecular complexity index is 528. The van der Waals surface area contributed by atoms with Gasteiger partial charge in [-0.15, -0.1) is 0 Å². The van der Waals surface area contributed by atoms with Crippen LogP contribution in [0, 0.1) is 17.7 Å². The van der Waals surface area contributed by atoms with E-state index in [0.29, 0.717) is 5.92 Å². The molecule has 1 aromatic carbocycles. The van der Waals surface area contributed by atoms with E-state index in [4.69, 9.17) is 0 Å². The lowest BCUT2D eigenvalue weighted by molar-refractivity contribution is -0.127. The molecule has 1 saturated heterocycles. The third-order valence-corrected chi connectivity index (χ3v) is 5.21. The minimum absolute atomic E-state index is 0.0821. The van der Waals surface area contributed by atoms with E-state index in [1.165, 1.54) is 31.7 Å². The van der Waals surface area contributed by atoms with Crippen LogP contribution in [-0.2, 0) is 11.3 Å². The zero-order valence-electron chi connectivity index (χ0n) is 13.8. The Morgan fingerprint density at radius 3 is 2.83 bits per heavy atom. The maximum Gasteiger partial charge on any atom is 0.224 e. The molecule has 3 nitrogen and oxygen atoms in total. The second-order valence-corrected chi connectivity index (χ2v) is 7.10. The van der Waals surface area contributed by atoms with E-state index in [9.17, 15) is 9.18 Å². The lowest BCUT2D eigenvalue weighted by Crippen LogP contribution is -2.43. The van der Waals surface area contributed by atoms with Crippen molar-refractivity contribution in [2.45, 2.75) is 45.1 Å². The summed E-state index contributed by atoms with van der Waals surface area (Å²) in [5.74, 6) is 0.788. The van der Waals surface area contributed by atoms with Crippen LogP contribution in [0.15, 0.2) is 24.3 Å². The second kappa shape index (κ2) is 7.91. The average molecular weight is 318 g/mol. The Morgan fingerprint density at radius 1 is 1.22 bits per heavy atom. The Morgan fingerprint density at radius 2 is 2.04 bits per heavy atom. The van der Waals surface area contributed by atoms with Crippen molar-refractivity contribution in [3.05, 3.63) is 35.6 Å². The highest BCUT2D eigenvalue weighted by Gasteiger charge is 2.26. The number of nitrogens with one attached hydrogen (secondary N) is 1. The number of halogens is 1. The van der Waals surface area contributed by atoms with Gasteiger partial charge < -0.3 is 5.32 Å². The molecule has 2 aliphatic rings. The minimum Gasteiger partial charge on any atom is -0.356 e. The topological polar surface area (TPSA) is 32.3 Å². The summed E-state index contributed by atoms with van der Waals surface area (Å²) in [5.41, 5.74) is 0.983. The fourth-order valence-corrected chi connectivity index (χ4v) is 3.91. The van der Waals surface area contributed by atoms with Gasteiger partial charge in [-0.2, -0.15) is 0 Å². The number of likely N-dealkylation sites (tertiary alicyclic amines) is 1. The molecule has 126 valence electrons. The van der Waals surface area contributed by atoms with Gasteiger partial charge in [-0.1, -0.05) is 25.0 Å². The summed E-state index contributed by atoms with van der Waals surface area (Å²) in [4.78, 5) is 14.7. The van der Waals surface area contributed by atoms with Crippen LogP contribution in [0.4, 0.5) is 4.39 Å². The molecule has 1 amide bonds. The summed E-state index contributed by atoms with van der Waals surface area (Å²) in [6.45, 7) is 3.35. The van der Waals surface area contributed by atoms with Gasteiger partial charge in [0.05, 0.1) is 5.92 Å². The predicted molar refractivity (Wildman–Crippen MR) is 89.4 cm³/mol. The SMILES string of the molecule is O=C(NCC1CCCC1)C1CCCN(Cc2cccc(F)c2)C1. The van der Waals surface area contributed by atoms with Gasteiger partial charge in [0.2, 0.25) is 5.91 Å². The smallest absolute Gasteiger partial charge is 0.224 e. The Hall–Kier alpha value is -1.42. The third-order valence-electron chi connectivity index (χ3n) is 5.21. The van der Waals surface area contributed by atoms with Crippen LogP contribution >= 0.6 is 0 Å². The van der Waals surface area contributed by atoms with Crippen molar-refractivity contribution in [3.8, 4) is 0 Å². The lowest BCUT2D eigenvalue weighted by Gasteiger charge is -2.32. The molecule has 1 aromatic rings. The predicted octanol–water partition coefficient (Wildman–Crippen LogP) is 3.34. The van der Waals surface area contributed by atoms with Gasteiger partial charge in [0.25, 0.3) is 0 Å². The summed E-state index contributed by atoms with van der Waals surface area (Å²) in [6.07, 6.45) is 7.15. The van der Waals surface area contributed by atoms with Crippen LogP contribution in [0.5, 0.6) is 0 Å². The van der Waals surface area contributed by atoms with Crippen LogP contribution in [0.25, 0.3) is 0 Å². The molecular formula is C19H27FN2O. The van der Waals surface area contributed by atoms with Gasteiger partial charge in [-0.25, -0.2) is 4.39 Å². The highest BCUT2D eigenvalue weighted by Crippen LogP contribution is 2.24. The molecule has 1 heterocycles. The molecule has 1 N–H and O–H groups in total. The first-order valence-electron chi connectivity index (χ1n) is 8.95. The van der Waals surface area contributed by atoms with Gasteiger partial charge >= 0.3 is 0 Å². The number of nitrogens with zero attached hydrogens (tertiary/aromatic N) is 1. The van der Waals surface area contributed by atoms with E-state index < -0.39 is 0 Å². The number of amides is 1. The van der Waals surface area contributed by atoms with Crippen molar-refractivity contribution >= 4 is 5.91 Å². The van der Waals surface area contributed by atoms with Gasteiger partial charge in [-0.05, 0) is 55.8 Å². The van der Waals surface area contributed by atoms with E-state index >= 15 is 0 Å². The minimum atomic E-state index is -0.189. The Balaban J connectivity index is 1.48. The fraction of sp³-hybridized carbons (Fsp3) is 0.632. The van der Waals surface area contributed by atoms with E-state index in [1.807, 2.05) is 6.07 Å². The third kappa shape index (κ3) is 4.77. The van der Waals surface area contributed by atoms with Gasteiger partial charge in [0, 0.05) is 19.6 Å². The Kier molecular flexibility index (Phi) is 5.65. The summed E-state index contributed by atoms with van der Waals surface area (Å²) >= 11 is 0. The maximum atomic E-state index is 13.3. The molecule has 0 radical (unpaired) electrons. The van der Waals surface area contributed by atoms with E-state index in [-0.39, 0.29) is 17.6 Å². The van der Waals surface area contributed by atoms with Crippen molar-refractivity contribution in [2.75, 3.05) is 19.6 Å². The monoisotopic (exact) mass is 318 g/mol. The number of rotatable bonds is 5. The fourth-order valence-electron chi connectivity index (χ4n) is 3.91. The number of hydrogen-bond donors (Lipinski definition) is 1. The molecule has 1 saturated carbocycles. The number of benzene rings is 1. The number of carbonyl (C=O) groups excluding carboxylic acids is 1.